The molecule has 0 radical (unpaired) electrons. The number of aryl methyl sites for hydroxylation is 1. The zero-order valence-electron chi connectivity index (χ0n) is 13.6. The number of benzene rings is 1. The monoisotopic (exact) mass is 329 g/mol. The normalized spacial score (nSPS) is 16.2. The largest absolute Gasteiger partial charge is 0.493 e. The van der Waals surface area contributed by atoms with Crippen molar-refractivity contribution >= 4 is 11.9 Å². The Balaban J connectivity index is 1.76. The van der Waals surface area contributed by atoms with Gasteiger partial charge >= 0.3 is 5.97 Å². The molecule has 0 unspecified atom stereocenters. The third kappa shape index (κ3) is 2.99. The quantitative estimate of drug-likeness (QED) is 0.933. The first-order chi connectivity index (χ1) is 11.5. The van der Waals surface area contributed by atoms with E-state index in [2.05, 4.69) is 0 Å². The second kappa shape index (κ2) is 6.39. The molecule has 1 aliphatic rings. The second-order valence-corrected chi connectivity index (χ2v) is 5.91. The van der Waals surface area contributed by atoms with E-state index >= 15 is 0 Å². The maximum Gasteiger partial charge on any atom is 0.339 e. The van der Waals surface area contributed by atoms with Gasteiger partial charge in [-0.25, -0.2) is 4.79 Å². The van der Waals surface area contributed by atoms with Gasteiger partial charge in [-0.05, 0) is 25.5 Å². The van der Waals surface area contributed by atoms with Gasteiger partial charge in [0.15, 0.2) is 0 Å². The summed E-state index contributed by atoms with van der Waals surface area (Å²) in [7, 11) is 1.69. The van der Waals surface area contributed by atoms with Gasteiger partial charge in [0.1, 0.15) is 22.8 Å². The van der Waals surface area contributed by atoms with Crippen molar-refractivity contribution in [2.24, 2.45) is 0 Å². The van der Waals surface area contributed by atoms with E-state index in [9.17, 15) is 9.59 Å². The number of nitrogens with zero attached hydrogens (tertiary/aromatic N) is 1. The first-order valence-corrected chi connectivity index (χ1v) is 7.76. The first kappa shape index (κ1) is 16.1. The molecule has 6 nitrogen and oxygen atoms in total. The number of fused-ring (bicyclic) bond motifs is 1. The molecule has 1 amide bonds. The summed E-state index contributed by atoms with van der Waals surface area (Å²) in [5.74, 6) is 0.231. The van der Waals surface area contributed by atoms with Gasteiger partial charge in [0.05, 0.1) is 19.1 Å². The molecule has 126 valence electrons. The SMILES string of the molecule is Cc1oc(CN(C)C(=O)[C@H]2CCOc3ccccc32)cc1C(=O)O. The molecule has 0 aliphatic carbocycles. The van der Waals surface area contributed by atoms with E-state index in [0.29, 0.717) is 24.5 Å². The van der Waals surface area contributed by atoms with Crippen LogP contribution in [-0.2, 0) is 11.3 Å². The summed E-state index contributed by atoms with van der Waals surface area (Å²) >= 11 is 0. The zero-order valence-corrected chi connectivity index (χ0v) is 13.6. The summed E-state index contributed by atoms with van der Waals surface area (Å²) in [6, 6.07) is 9.02. The molecule has 1 aromatic carbocycles. The molecule has 0 spiro atoms. The summed E-state index contributed by atoms with van der Waals surface area (Å²) in [5, 5.41) is 9.08. The van der Waals surface area contributed by atoms with Gasteiger partial charge in [-0.2, -0.15) is 0 Å². The lowest BCUT2D eigenvalue weighted by atomic mass is 9.92. The molecule has 2 heterocycles. The van der Waals surface area contributed by atoms with Crippen LogP contribution in [0.4, 0.5) is 0 Å². The summed E-state index contributed by atoms with van der Waals surface area (Å²) in [6.45, 7) is 2.33. The fourth-order valence-electron chi connectivity index (χ4n) is 3.01. The number of hydrogen-bond acceptors (Lipinski definition) is 4. The van der Waals surface area contributed by atoms with Crippen molar-refractivity contribution in [3.05, 3.63) is 53.0 Å². The van der Waals surface area contributed by atoms with Crippen LogP contribution in [0.5, 0.6) is 5.75 Å². The van der Waals surface area contributed by atoms with Gasteiger partial charge in [-0.15, -0.1) is 0 Å². The average molecular weight is 329 g/mol. The van der Waals surface area contributed by atoms with Crippen LogP contribution < -0.4 is 4.74 Å². The van der Waals surface area contributed by atoms with Gasteiger partial charge in [0.25, 0.3) is 0 Å². The number of hydrogen-bond donors (Lipinski definition) is 1. The lowest BCUT2D eigenvalue weighted by Crippen LogP contribution is -2.33. The molecule has 1 N–H and O–H groups in total. The molecule has 6 heteroatoms. The molecule has 0 saturated heterocycles. The van der Waals surface area contributed by atoms with Crippen molar-refractivity contribution in [1.29, 1.82) is 0 Å². The van der Waals surface area contributed by atoms with Crippen LogP contribution in [0.3, 0.4) is 0 Å². The highest BCUT2D eigenvalue weighted by atomic mass is 16.5. The molecular formula is C18H19NO5. The third-order valence-corrected chi connectivity index (χ3v) is 4.23. The van der Waals surface area contributed by atoms with Crippen molar-refractivity contribution in [3.63, 3.8) is 0 Å². The van der Waals surface area contributed by atoms with E-state index in [1.165, 1.54) is 6.07 Å². The molecule has 0 saturated carbocycles. The summed E-state index contributed by atoms with van der Waals surface area (Å²) in [4.78, 5) is 25.5. The maximum absolute atomic E-state index is 12.8. The fourth-order valence-corrected chi connectivity index (χ4v) is 3.01. The minimum Gasteiger partial charge on any atom is -0.493 e. The van der Waals surface area contributed by atoms with E-state index < -0.39 is 5.97 Å². The molecule has 1 aliphatic heterocycles. The Morgan fingerprint density at radius 1 is 1.33 bits per heavy atom. The van der Waals surface area contributed by atoms with Gasteiger partial charge in [0.2, 0.25) is 5.91 Å². The first-order valence-electron chi connectivity index (χ1n) is 7.76. The highest BCUT2D eigenvalue weighted by Crippen LogP contribution is 2.34. The number of carbonyl (C=O) groups is 2. The Kier molecular flexibility index (Phi) is 4.29. The van der Waals surface area contributed by atoms with Crippen LogP contribution >= 0.6 is 0 Å². The Hall–Kier alpha value is -2.76. The molecule has 3 rings (SSSR count). The average Bonchev–Trinajstić information content (AvgIpc) is 2.94. The van der Waals surface area contributed by atoms with Gasteiger partial charge in [-0.1, -0.05) is 18.2 Å². The molecule has 1 aromatic heterocycles. The van der Waals surface area contributed by atoms with Crippen molar-refractivity contribution < 1.29 is 23.8 Å². The fraction of sp³-hybridized carbons (Fsp3) is 0.333. The highest BCUT2D eigenvalue weighted by Gasteiger charge is 2.30. The summed E-state index contributed by atoms with van der Waals surface area (Å²) < 4.78 is 11.0. The van der Waals surface area contributed by atoms with Crippen molar-refractivity contribution in [3.8, 4) is 5.75 Å². The van der Waals surface area contributed by atoms with E-state index in [1.54, 1.807) is 18.9 Å². The molecule has 24 heavy (non-hydrogen) atoms. The van der Waals surface area contributed by atoms with Crippen LogP contribution in [0.15, 0.2) is 34.7 Å². The lowest BCUT2D eigenvalue weighted by molar-refractivity contribution is -0.133. The Morgan fingerprint density at radius 3 is 2.79 bits per heavy atom. The lowest BCUT2D eigenvalue weighted by Gasteiger charge is -2.28. The van der Waals surface area contributed by atoms with Crippen LogP contribution in [0.2, 0.25) is 0 Å². The number of carboxylic acids is 1. The van der Waals surface area contributed by atoms with E-state index in [1.807, 2.05) is 24.3 Å². The molecule has 2 aromatic rings. The number of carbonyl (C=O) groups excluding carboxylic acids is 1. The van der Waals surface area contributed by atoms with Gasteiger partial charge in [0, 0.05) is 12.6 Å². The minimum absolute atomic E-state index is 0.0309. The van der Waals surface area contributed by atoms with Crippen LogP contribution in [0.1, 0.15) is 39.8 Å². The number of amides is 1. The van der Waals surface area contributed by atoms with Crippen molar-refractivity contribution in [1.82, 2.24) is 4.90 Å². The number of ether oxygens (including phenoxy) is 1. The van der Waals surface area contributed by atoms with Gasteiger partial charge in [-0.3, -0.25) is 4.79 Å². The number of rotatable bonds is 4. The molecule has 0 bridgehead atoms. The molecular weight excluding hydrogens is 310 g/mol. The number of likely N-dealkylation sites (N-methyl/N-ethyl adjacent to an activating group) is 1. The standard InChI is InChI=1S/C18H19NO5/c1-11-15(18(21)22)9-12(24-11)10-19(2)17(20)14-7-8-23-16-6-4-3-5-13(14)16/h3-6,9,14H,7-8,10H2,1-2H3,(H,21,22)/t14-/m0/s1. The molecule has 0 fully saturated rings. The van der Waals surface area contributed by atoms with E-state index in [-0.39, 0.29) is 23.9 Å². The van der Waals surface area contributed by atoms with Gasteiger partial charge < -0.3 is 19.2 Å². The maximum atomic E-state index is 12.8. The third-order valence-electron chi connectivity index (χ3n) is 4.23. The molecule has 1 atom stereocenters. The van der Waals surface area contributed by atoms with Crippen LogP contribution in [0, 0.1) is 6.92 Å². The van der Waals surface area contributed by atoms with E-state index in [0.717, 1.165) is 11.3 Å². The predicted octanol–water partition coefficient (Wildman–Crippen LogP) is 2.81. The van der Waals surface area contributed by atoms with E-state index in [4.69, 9.17) is 14.3 Å². The Labute approximate surface area is 139 Å². The summed E-state index contributed by atoms with van der Waals surface area (Å²) in [5.41, 5.74) is 1.02. The van der Waals surface area contributed by atoms with Crippen molar-refractivity contribution in [2.75, 3.05) is 13.7 Å². The highest BCUT2D eigenvalue weighted by molar-refractivity contribution is 5.89. The minimum atomic E-state index is -1.03. The number of aromatic carboxylic acids is 1. The summed E-state index contributed by atoms with van der Waals surface area (Å²) in [6.07, 6.45) is 0.623. The van der Waals surface area contributed by atoms with Crippen LogP contribution in [-0.4, -0.2) is 35.5 Å². The second-order valence-electron chi connectivity index (χ2n) is 5.91. The predicted molar refractivity (Wildman–Crippen MR) is 86.2 cm³/mol. The number of carboxylic acid groups (broad SMARTS) is 1. The zero-order chi connectivity index (χ0) is 17.3. The Bertz CT molecular complexity index is 779. The van der Waals surface area contributed by atoms with Crippen molar-refractivity contribution in [2.45, 2.75) is 25.8 Å². The topological polar surface area (TPSA) is 80.0 Å². The number of para-hydroxylation sites is 1. The van der Waals surface area contributed by atoms with Crippen LogP contribution in [0.25, 0.3) is 0 Å². The number of furan rings is 1. The Morgan fingerprint density at radius 2 is 2.08 bits per heavy atom. The smallest absolute Gasteiger partial charge is 0.339 e.